The van der Waals surface area contributed by atoms with E-state index >= 15 is 0 Å². The van der Waals surface area contributed by atoms with E-state index in [9.17, 15) is 9.90 Å². The molecule has 4 nitrogen and oxygen atoms in total. The zero-order valence-electron chi connectivity index (χ0n) is 10.9. The fourth-order valence-electron chi connectivity index (χ4n) is 2.56. The molecule has 1 aliphatic rings. The van der Waals surface area contributed by atoms with Crippen LogP contribution in [0.3, 0.4) is 0 Å². The number of fused-ring (bicyclic) bond motifs is 1. The highest BCUT2D eigenvalue weighted by atomic mass is 32.1. The van der Waals surface area contributed by atoms with E-state index in [1.165, 1.54) is 16.5 Å². The van der Waals surface area contributed by atoms with Gasteiger partial charge in [0.1, 0.15) is 5.75 Å². The Morgan fingerprint density at radius 3 is 3.05 bits per heavy atom. The number of aryl methyl sites for hydroxylation is 1. The molecule has 1 atom stereocenters. The topological polar surface area (TPSA) is 75.4 Å². The predicted octanol–water partition coefficient (Wildman–Crippen LogP) is 2.84. The molecule has 1 heterocycles. The molecule has 1 aliphatic carbocycles. The normalized spacial score (nSPS) is 17.5. The number of hydrogen-bond acceptors (Lipinski definition) is 4. The van der Waals surface area contributed by atoms with Gasteiger partial charge in [-0.3, -0.25) is 4.79 Å². The van der Waals surface area contributed by atoms with Crippen LogP contribution in [0.2, 0.25) is 0 Å². The van der Waals surface area contributed by atoms with Crippen molar-refractivity contribution in [2.24, 2.45) is 0 Å². The number of rotatable bonds is 2. The van der Waals surface area contributed by atoms with Gasteiger partial charge in [-0.2, -0.15) is 0 Å². The average molecular weight is 288 g/mol. The van der Waals surface area contributed by atoms with Crippen molar-refractivity contribution in [3.63, 3.8) is 0 Å². The summed E-state index contributed by atoms with van der Waals surface area (Å²) in [5.74, 6) is -0.234. The molecule has 1 aromatic heterocycles. The number of carbonyl (C=O) groups is 1. The number of amides is 1. The van der Waals surface area contributed by atoms with Crippen molar-refractivity contribution in [2.75, 3.05) is 5.73 Å². The third-order valence-electron chi connectivity index (χ3n) is 3.65. The Kier molecular flexibility index (Phi) is 3.36. The van der Waals surface area contributed by atoms with Crippen LogP contribution in [-0.2, 0) is 6.42 Å². The number of aromatic hydroxyl groups is 1. The molecule has 1 unspecified atom stereocenters. The van der Waals surface area contributed by atoms with Gasteiger partial charge in [0.15, 0.2) is 0 Å². The molecule has 1 amide bonds. The van der Waals surface area contributed by atoms with Gasteiger partial charge in [-0.15, -0.1) is 11.3 Å². The molecule has 2 aromatic rings. The summed E-state index contributed by atoms with van der Waals surface area (Å²) >= 11 is 1.75. The predicted molar refractivity (Wildman–Crippen MR) is 80.0 cm³/mol. The number of nitrogens with two attached hydrogens (primary N) is 1. The first-order valence-electron chi connectivity index (χ1n) is 6.61. The van der Waals surface area contributed by atoms with E-state index in [0.29, 0.717) is 5.56 Å². The third kappa shape index (κ3) is 2.36. The van der Waals surface area contributed by atoms with E-state index in [-0.39, 0.29) is 23.4 Å². The summed E-state index contributed by atoms with van der Waals surface area (Å²) < 4.78 is 0. The van der Waals surface area contributed by atoms with Crippen molar-refractivity contribution in [3.05, 3.63) is 45.6 Å². The summed E-state index contributed by atoms with van der Waals surface area (Å²) in [5, 5.41) is 14.7. The minimum atomic E-state index is -0.177. The second kappa shape index (κ2) is 5.17. The van der Waals surface area contributed by atoms with Gasteiger partial charge in [0.25, 0.3) is 5.91 Å². The lowest BCUT2D eigenvalue weighted by Crippen LogP contribution is -2.30. The van der Waals surface area contributed by atoms with Gasteiger partial charge in [0, 0.05) is 10.4 Å². The zero-order valence-corrected chi connectivity index (χ0v) is 11.7. The van der Waals surface area contributed by atoms with Crippen LogP contribution < -0.4 is 11.1 Å². The van der Waals surface area contributed by atoms with Gasteiger partial charge in [-0.1, -0.05) is 0 Å². The van der Waals surface area contributed by atoms with Gasteiger partial charge in [0.2, 0.25) is 0 Å². The molecule has 20 heavy (non-hydrogen) atoms. The first-order valence-corrected chi connectivity index (χ1v) is 7.49. The summed E-state index contributed by atoms with van der Waals surface area (Å²) in [5.41, 5.74) is 7.48. The lowest BCUT2D eigenvalue weighted by Gasteiger charge is -2.23. The Morgan fingerprint density at radius 1 is 1.40 bits per heavy atom. The average Bonchev–Trinajstić information content (AvgIpc) is 2.91. The van der Waals surface area contributed by atoms with Crippen LogP contribution in [0.4, 0.5) is 5.69 Å². The Morgan fingerprint density at radius 2 is 2.25 bits per heavy atom. The van der Waals surface area contributed by atoms with Crippen LogP contribution in [0, 0.1) is 0 Å². The van der Waals surface area contributed by atoms with Crippen molar-refractivity contribution < 1.29 is 9.90 Å². The van der Waals surface area contributed by atoms with E-state index in [1.54, 1.807) is 23.5 Å². The first-order chi connectivity index (χ1) is 9.65. The first kappa shape index (κ1) is 13.0. The Hall–Kier alpha value is -2.01. The molecule has 5 heteroatoms. The standard InChI is InChI=1S/C15H16N2O2S/c16-11-5-4-9(8-13(11)18)15(19)17-12-2-1-3-14-10(12)6-7-20-14/h4-8,12,18H,1-3,16H2,(H,17,19). The Labute approximate surface area is 121 Å². The third-order valence-corrected chi connectivity index (χ3v) is 4.65. The molecule has 0 saturated heterocycles. The fourth-order valence-corrected chi connectivity index (χ4v) is 3.55. The minimum Gasteiger partial charge on any atom is -0.506 e. The van der Waals surface area contributed by atoms with Gasteiger partial charge in [0.05, 0.1) is 11.7 Å². The van der Waals surface area contributed by atoms with Crippen LogP contribution in [0.25, 0.3) is 0 Å². The summed E-state index contributed by atoms with van der Waals surface area (Å²) in [4.78, 5) is 13.6. The molecule has 1 aromatic carbocycles. The molecular formula is C15H16N2O2S. The van der Waals surface area contributed by atoms with Crippen LogP contribution in [0.5, 0.6) is 5.75 Å². The van der Waals surface area contributed by atoms with Crippen LogP contribution in [-0.4, -0.2) is 11.0 Å². The number of hydrogen-bond donors (Lipinski definition) is 3. The molecule has 0 saturated carbocycles. The van der Waals surface area contributed by atoms with Crippen molar-refractivity contribution in [2.45, 2.75) is 25.3 Å². The fraction of sp³-hybridized carbons (Fsp3) is 0.267. The summed E-state index contributed by atoms with van der Waals surface area (Å²) in [6.07, 6.45) is 3.14. The molecule has 0 fully saturated rings. The smallest absolute Gasteiger partial charge is 0.251 e. The highest BCUT2D eigenvalue weighted by Gasteiger charge is 2.23. The van der Waals surface area contributed by atoms with Crippen LogP contribution in [0.15, 0.2) is 29.6 Å². The van der Waals surface area contributed by atoms with E-state index < -0.39 is 0 Å². The number of thiophene rings is 1. The van der Waals surface area contributed by atoms with E-state index in [4.69, 9.17) is 5.73 Å². The second-order valence-electron chi connectivity index (χ2n) is 4.99. The molecule has 0 bridgehead atoms. The van der Waals surface area contributed by atoms with Crippen LogP contribution >= 0.6 is 11.3 Å². The number of phenolic OH excluding ortho intramolecular Hbond substituents is 1. The number of carbonyl (C=O) groups excluding carboxylic acids is 1. The lowest BCUT2D eigenvalue weighted by molar-refractivity contribution is 0.0932. The molecule has 0 radical (unpaired) electrons. The molecule has 104 valence electrons. The van der Waals surface area contributed by atoms with Crippen molar-refractivity contribution >= 4 is 22.9 Å². The number of phenols is 1. The zero-order chi connectivity index (χ0) is 14.1. The molecule has 4 N–H and O–H groups in total. The van der Waals surface area contributed by atoms with Gasteiger partial charge >= 0.3 is 0 Å². The monoisotopic (exact) mass is 288 g/mol. The van der Waals surface area contributed by atoms with Gasteiger partial charge in [-0.25, -0.2) is 0 Å². The van der Waals surface area contributed by atoms with Crippen molar-refractivity contribution in [1.82, 2.24) is 5.32 Å². The van der Waals surface area contributed by atoms with Gasteiger partial charge < -0.3 is 16.2 Å². The maximum Gasteiger partial charge on any atom is 0.251 e. The molecule has 0 spiro atoms. The SMILES string of the molecule is Nc1ccc(C(=O)NC2CCCc3sccc32)cc1O. The Balaban J connectivity index is 1.79. The number of nitrogens with one attached hydrogen (secondary N) is 1. The minimum absolute atomic E-state index is 0.0579. The lowest BCUT2D eigenvalue weighted by atomic mass is 9.94. The highest BCUT2D eigenvalue weighted by molar-refractivity contribution is 7.10. The summed E-state index contributed by atoms with van der Waals surface area (Å²) in [6.45, 7) is 0. The highest BCUT2D eigenvalue weighted by Crippen LogP contribution is 2.33. The Bertz CT molecular complexity index is 651. The van der Waals surface area contributed by atoms with E-state index in [2.05, 4.69) is 16.8 Å². The molecule has 3 rings (SSSR count). The largest absolute Gasteiger partial charge is 0.506 e. The molecule has 0 aliphatic heterocycles. The summed E-state index contributed by atoms with van der Waals surface area (Å²) in [6, 6.07) is 6.73. The van der Waals surface area contributed by atoms with E-state index in [0.717, 1.165) is 19.3 Å². The van der Waals surface area contributed by atoms with Crippen molar-refractivity contribution in [3.8, 4) is 5.75 Å². The maximum absolute atomic E-state index is 12.2. The number of nitrogen functional groups attached to an aromatic ring is 1. The molecular weight excluding hydrogens is 272 g/mol. The van der Waals surface area contributed by atoms with Gasteiger partial charge in [-0.05, 0) is 54.5 Å². The van der Waals surface area contributed by atoms with Crippen LogP contribution in [0.1, 0.15) is 39.7 Å². The quantitative estimate of drug-likeness (QED) is 0.587. The number of anilines is 1. The van der Waals surface area contributed by atoms with E-state index in [1.807, 2.05) is 0 Å². The number of benzene rings is 1. The summed E-state index contributed by atoms with van der Waals surface area (Å²) in [7, 11) is 0. The second-order valence-corrected chi connectivity index (χ2v) is 5.99. The maximum atomic E-state index is 12.2. The van der Waals surface area contributed by atoms with Crippen molar-refractivity contribution in [1.29, 1.82) is 0 Å².